The lowest BCUT2D eigenvalue weighted by Gasteiger charge is -2.36. The fraction of sp³-hybridized carbons (Fsp3) is 0.391. The highest BCUT2D eigenvalue weighted by atomic mass is 35.5. The van der Waals surface area contributed by atoms with Gasteiger partial charge >= 0.3 is 0 Å². The number of carbonyl (C=O) groups excluding carboxylic acids is 1. The summed E-state index contributed by atoms with van der Waals surface area (Å²) in [4.78, 5) is 29.4. The van der Waals surface area contributed by atoms with Crippen molar-refractivity contribution in [2.45, 2.75) is 26.8 Å². The fourth-order valence-corrected chi connectivity index (χ4v) is 4.21. The fourth-order valence-electron chi connectivity index (χ4n) is 4.04. The van der Waals surface area contributed by atoms with Crippen LogP contribution in [0.4, 0.5) is 17.3 Å². The molecule has 4 rings (SSSR count). The van der Waals surface area contributed by atoms with Gasteiger partial charge in [0.05, 0.1) is 17.6 Å². The summed E-state index contributed by atoms with van der Waals surface area (Å²) in [5.74, 6) is 1.55. The van der Waals surface area contributed by atoms with Crippen LogP contribution in [-0.4, -0.2) is 62.4 Å². The van der Waals surface area contributed by atoms with Crippen LogP contribution in [0.5, 0.6) is 0 Å². The Balaban J connectivity index is 1.44. The molecule has 0 aliphatic carbocycles. The van der Waals surface area contributed by atoms with Gasteiger partial charge < -0.3 is 19.7 Å². The summed E-state index contributed by atoms with van der Waals surface area (Å²) in [6, 6.07) is 10.4. The zero-order chi connectivity index (χ0) is 22.7. The highest BCUT2D eigenvalue weighted by molar-refractivity contribution is 6.27. The van der Waals surface area contributed by atoms with Crippen LogP contribution >= 0.6 is 11.6 Å². The maximum atomic E-state index is 11.7. The topological polar surface area (TPSA) is 79.2 Å². The Labute approximate surface area is 193 Å². The molecule has 168 valence electrons. The first kappa shape index (κ1) is 22.1. The van der Waals surface area contributed by atoms with E-state index in [1.807, 2.05) is 36.2 Å². The summed E-state index contributed by atoms with van der Waals surface area (Å²) >= 11 is 5.66. The SMILES string of the molecule is Cc1ncc(-c2ccnc(Nc3ccc(N4CCN(C(=O)CCl)CC4)cc3)n2)n1C(C)C. The van der Waals surface area contributed by atoms with Crippen molar-refractivity contribution < 1.29 is 4.79 Å². The van der Waals surface area contributed by atoms with E-state index in [1.165, 1.54) is 0 Å². The number of aryl methyl sites for hydroxylation is 1. The molecule has 1 amide bonds. The summed E-state index contributed by atoms with van der Waals surface area (Å²) < 4.78 is 2.17. The Bertz CT molecular complexity index is 1070. The average Bonchev–Trinajstić information content (AvgIpc) is 3.21. The lowest BCUT2D eigenvalue weighted by molar-refractivity contribution is -0.128. The molecule has 3 heterocycles. The van der Waals surface area contributed by atoms with E-state index in [4.69, 9.17) is 16.6 Å². The number of rotatable bonds is 6. The summed E-state index contributed by atoms with van der Waals surface area (Å²) in [6.07, 6.45) is 3.62. The van der Waals surface area contributed by atoms with Gasteiger partial charge in [0.25, 0.3) is 0 Å². The molecule has 3 aromatic rings. The van der Waals surface area contributed by atoms with Gasteiger partial charge in [-0.3, -0.25) is 4.79 Å². The highest BCUT2D eigenvalue weighted by Gasteiger charge is 2.20. The summed E-state index contributed by atoms with van der Waals surface area (Å²) in [7, 11) is 0. The van der Waals surface area contributed by atoms with E-state index in [-0.39, 0.29) is 11.8 Å². The van der Waals surface area contributed by atoms with E-state index in [9.17, 15) is 4.79 Å². The maximum Gasteiger partial charge on any atom is 0.237 e. The minimum Gasteiger partial charge on any atom is -0.368 e. The third-order valence-corrected chi connectivity index (χ3v) is 5.88. The van der Waals surface area contributed by atoms with E-state index in [1.54, 1.807) is 6.20 Å². The normalized spacial score (nSPS) is 14.2. The first-order valence-electron chi connectivity index (χ1n) is 10.8. The Kier molecular flexibility index (Phi) is 6.60. The lowest BCUT2D eigenvalue weighted by atomic mass is 10.2. The zero-order valence-electron chi connectivity index (χ0n) is 18.6. The molecular weight excluding hydrogens is 426 g/mol. The summed E-state index contributed by atoms with van der Waals surface area (Å²) in [6.45, 7) is 9.25. The van der Waals surface area contributed by atoms with Crippen molar-refractivity contribution in [1.82, 2.24) is 24.4 Å². The number of hydrogen-bond donors (Lipinski definition) is 1. The second kappa shape index (κ2) is 9.56. The minimum atomic E-state index is -0.000278. The van der Waals surface area contributed by atoms with Crippen LogP contribution in [0, 0.1) is 6.92 Å². The van der Waals surface area contributed by atoms with E-state index in [2.05, 4.69) is 50.7 Å². The van der Waals surface area contributed by atoms with Gasteiger partial charge in [0, 0.05) is 49.8 Å². The van der Waals surface area contributed by atoms with Crippen LogP contribution in [-0.2, 0) is 4.79 Å². The van der Waals surface area contributed by atoms with E-state index in [0.29, 0.717) is 25.1 Å². The lowest BCUT2D eigenvalue weighted by Crippen LogP contribution is -2.49. The molecule has 0 spiro atoms. The molecule has 2 aromatic heterocycles. The third-order valence-electron chi connectivity index (χ3n) is 5.65. The van der Waals surface area contributed by atoms with Gasteiger partial charge in [-0.1, -0.05) is 0 Å². The minimum absolute atomic E-state index is 0.000278. The van der Waals surface area contributed by atoms with Gasteiger partial charge in [0.15, 0.2) is 0 Å². The number of piperazine rings is 1. The Morgan fingerprint density at radius 3 is 2.47 bits per heavy atom. The van der Waals surface area contributed by atoms with Crippen LogP contribution in [0.15, 0.2) is 42.7 Å². The second-order valence-electron chi connectivity index (χ2n) is 8.09. The molecule has 1 saturated heterocycles. The van der Waals surface area contributed by atoms with Crippen LogP contribution in [0.3, 0.4) is 0 Å². The van der Waals surface area contributed by atoms with Gasteiger partial charge in [0.1, 0.15) is 11.7 Å². The van der Waals surface area contributed by atoms with Gasteiger partial charge in [0.2, 0.25) is 11.9 Å². The molecule has 8 nitrogen and oxygen atoms in total. The van der Waals surface area contributed by atoms with Crippen molar-refractivity contribution in [3.8, 4) is 11.4 Å². The number of nitrogens with zero attached hydrogens (tertiary/aromatic N) is 6. The van der Waals surface area contributed by atoms with Gasteiger partial charge in [-0.25, -0.2) is 15.0 Å². The number of carbonyl (C=O) groups is 1. The molecule has 0 radical (unpaired) electrons. The quantitative estimate of drug-likeness (QED) is 0.571. The van der Waals surface area contributed by atoms with Crippen LogP contribution in [0.2, 0.25) is 0 Å². The molecule has 0 atom stereocenters. The molecule has 1 aliphatic heterocycles. The second-order valence-corrected chi connectivity index (χ2v) is 8.36. The largest absolute Gasteiger partial charge is 0.368 e. The number of amides is 1. The molecule has 1 N–H and O–H groups in total. The van der Waals surface area contributed by atoms with Crippen molar-refractivity contribution in [3.63, 3.8) is 0 Å². The predicted molar refractivity (Wildman–Crippen MR) is 128 cm³/mol. The first-order chi connectivity index (χ1) is 15.5. The number of nitrogens with one attached hydrogen (secondary N) is 1. The molecule has 9 heteroatoms. The van der Waals surface area contributed by atoms with Crippen LogP contribution < -0.4 is 10.2 Å². The smallest absolute Gasteiger partial charge is 0.237 e. The monoisotopic (exact) mass is 453 g/mol. The number of hydrogen-bond acceptors (Lipinski definition) is 6. The molecule has 1 fully saturated rings. The van der Waals surface area contributed by atoms with E-state index in [0.717, 1.165) is 41.7 Å². The van der Waals surface area contributed by atoms with Crippen molar-refractivity contribution in [2.24, 2.45) is 0 Å². The highest BCUT2D eigenvalue weighted by Crippen LogP contribution is 2.25. The molecule has 32 heavy (non-hydrogen) atoms. The van der Waals surface area contributed by atoms with Crippen LogP contribution in [0.1, 0.15) is 25.7 Å². The maximum absolute atomic E-state index is 11.7. The van der Waals surface area contributed by atoms with Crippen molar-refractivity contribution in [3.05, 3.63) is 48.5 Å². The predicted octanol–water partition coefficient (Wildman–Crippen LogP) is 3.86. The van der Waals surface area contributed by atoms with Gasteiger partial charge in [-0.15, -0.1) is 11.6 Å². The number of aromatic nitrogens is 4. The average molecular weight is 454 g/mol. The molecule has 0 bridgehead atoms. The number of imidazole rings is 1. The summed E-state index contributed by atoms with van der Waals surface area (Å²) in [5.41, 5.74) is 3.85. The van der Waals surface area contributed by atoms with Gasteiger partial charge in [-0.05, 0) is 51.1 Å². The summed E-state index contributed by atoms with van der Waals surface area (Å²) in [5, 5.41) is 3.29. The Hall–Kier alpha value is -3.13. The number of halogens is 1. The first-order valence-corrected chi connectivity index (χ1v) is 11.3. The molecule has 0 unspecified atom stereocenters. The van der Waals surface area contributed by atoms with Crippen molar-refractivity contribution in [1.29, 1.82) is 0 Å². The molecular formula is C23H28ClN7O. The molecule has 1 aliphatic rings. The van der Waals surface area contributed by atoms with Crippen molar-refractivity contribution in [2.75, 3.05) is 42.3 Å². The van der Waals surface area contributed by atoms with Crippen LogP contribution in [0.25, 0.3) is 11.4 Å². The number of anilines is 3. The van der Waals surface area contributed by atoms with Crippen molar-refractivity contribution >= 4 is 34.8 Å². The number of benzene rings is 1. The molecule has 1 aromatic carbocycles. The Morgan fingerprint density at radius 2 is 1.81 bits per heavy atom. The van der Waals surface area contributed by atoms with Gasteiger partial charge in [-0.2, -0.15) is 0 Å². The Morgan fingerprint density at radius 1 is 1.09 bits per heavy atom. The van der Waals surface area contributed by atoms with E-state index >= 15 is 0 Å². The number of alkyl halides is 1. The third kappa shape index (κ3) is 4.70. The molecule has 0 saturated carbocycles. The van der Waals surface area contributed by atoms with E-state index < -0.39 is 0 Å². The standard InChI is InChI=1S/C23H28ClN7O/c1-16(2)31-17(3)26-15-21(31)20-8-9-25-23(28-20)27-18-4-6-19(7-5-18)29-10-12-30(13-11-29)22(32)14-24/h4-9,15-16H,10-14H2,1-3H3,(H,25,27,28). The zero-order valence-corrected chi connectivity index (χ0v) is 19.4.